The predicted octanol–water partition coefficient (Wildman–Crippen LogP) is 3.96. The van der Waals surface area contributed by atoms with Crippen LogP contribution in [0.5, 0.6) is 0 Å². The fourth-order valence-electron chi connectivity index (χ4n) is 2.10. The fourth-order valence-corrected chi connectivity index (χ4v) is 4.00. The second kappa shape index (κ2) is 6.39. The van der Waals surface area contributed by atoms with Gasteiger partial charge in [-0.05, 0) is 41.5 Å². The SMILES string of the molecule is CCc1nn(C)c(CC(NC)c2ccc(Br)s2)c1Cl. The van der Waals surface area contributed by atoms with Gasteiger partial charge in [-0.3, -0.25) is 4.68 Å². The van der Waals surface area contributed by atoms with Crippen LogP contribution in [0, 0.1) is 0 Å². The Kier molecular flexibility index (Phi) is 5.06. The van der Waals surface area contributed by atoms with Gasteiger partial charge in [0.05, 0.1) is 20.2 Å². The van der Waals surface area contributed by atoms with Crippen LogP contribution in [0.15, 0.2) is 15.9 Å². The van der Waals surface area contributed by atoms with E-state index in [2.05, 4.69) is 45.4 Å². The number of nitrogens with zero attached hydrogens (tertiary/aromatic N) is 2. The molecule has 1 N–H and O–H groups in total. The number of rotatable bonds is 5. The topological polar surface area (TPSA) is 29.9 Å². The van der Waals surface area contributed by atoms with Gasteiger partial charge in [-0.15, -0.1) is 11.3 Å². The minimum atomic E-state index is 0.258. The summed E-state index contributed by atoms with van der Waals surface area (Å²) < 4.78 is 3.04. The first-order chi connectivity index (χ1) is 9.06. The van der Waals surface area contributed by atoms with Crippen molar-refractivity contribution in [2.24, 2.45) is 7.05 Å². The Morgan fingerprint density at radius 3 is 2.74 bits per heavy atom. The molecule has 1 atom stereocenters. The molecule has 0 aromatic carbocycles. The van der Waals surface area contributed by atoms with Gasteiger partial charge in [0, 0.05) is 24.4 Å². The number of likely N-dealkylation sites (N-methyl/N-ethyl adjacent to an activating group) is 1. The summed E-state index contributed by atoms with van der Waals surface area (Å²) in [5.41, 5.74) is 2.06. The lowest BCUT2D eigenvalue weighted by atomic mass is 10.1. The number of halogens is 2. The van der Waals surface area contributed by atoms with Crippen molar-refractivity contribution < 1.29 is 0 Å². The Morgan fingerprint density at radius 2 is 2.26 bits per heavy atom. The molecule has 0 saturated heterocycles. The monoisotopic (exact) mass is 361 g/mol. The van der Waals surface area contributed by atoms with E-state index in [0.717, 1.165) is 33.0 Å². The lowest BCUT2D eigenvalue weighted by molar-refractivity contribution is 0.569. The van der Waals surface area contributed by atoms with Gasteiger partial charge in [0.15, 0.2) is 0 Å². The molecule has 0 radical (unpaired) electrons. The van der Waals surface area contributed by atoms with Gasteiger partial charge >= 0.3 is 0 Å². The zero-order chi connectivity index (χ0) is 14.0. The minimum Gasteiger partial charge on any atom is -0.312 e. The van der Waals surface area contributed by atoms with Crippen LogP contribution in [0.25, 0.3) is 0 Å². The van der Waals surface area contributed by atoms with E-state index in [1.165, 1.54) is 4.88 Å². The highest BCUT2D eigenvalue weighted by Gasteiger charge is 2.19. The zero-order valence-corrected chi connectivity index (χ0v) is 14.4. The standard InChI is InChI=1S/C13H17BrClN3S/c1-4-8-13(15)10(18(3)17-8)7-9(16-2)11-5-6-12(14)19-11/h5-6,9,16H,4,7H2,1-3H3. The van der Waals surface area contributed by atoms with E-state index < -0.39 is 0 Å². The van der Waals surface area contributed by atoms with Crippen molar-refractivity contribution in [3.8, 4) is 0 Å². The van der Waals surface area contributed by atoms with Crippen LogP contribution < -0.4 is 5.32 Å². The molecule has 0 saturated carbocycles. The first-order valence-corrected chi connectivity index (χ1v) is 8.18. The molecular weight excluding hydrogens is 346 g/mol. The van der Waals surface area contributed by atoms with E-state index in [1.54, 1.807) is 11.3 Å². The summed E-state index contributed by atoms with van der Waals surface area (Å²) in [6.07, 6.45) is 1.70. The van der Waals surface area contributed by atoms with Crippen molar-refractivity contribution in [1.29, 1.82) is 0 Å². The molecule has 0 aliphatic heterocycles. The molecule has 3 nitrogen and oxygen atoms in total. The van der Waals surface area contributed by atoms with Crippen LogP contribution >= 0.6 is 38.9 Å². The summed E-state index contributed by atoms with van der Waals surface area (Å²) in [4.78, 5) is 1.30. The molecule has 104 valence electrons. The predicted molar refractivity (Wildman–Crippen MR) is 85.1 cm³/mol. The summed E-state index contributed by atoms with van der Waals surface area (Å²) in [5, 5.41) is 8.62. The third kappa shape index (κ3) is 3.21. The van der Waals surface area contributed by atoms with Crippen molar-refractivity contribution in [2.75, 3.05) is 7.05 Å². The lowest BCUT2D eigenvalue weighted by Gasteiger charge is -2.14. The summed E-state index contributed by atoms with van der Waals surface area (Å²) in [7, 11) is 3.93. The van der Waals surface area contributed by atoms with Crippen molar-refractivity contribution in [2.45, 2.75) is 25.8 Å². The van der Waals surface area contributed by atoms with E-state index >= 15 is 0 Å². The highest BCUT2D eigenvalue weighted by molar-refractivity contribution is 9.11. The van der Waals surface area contributed by atoms with E-state index in [9.17, 15) is 0 Å². The van der Waals surface area contributed by atoms with Gasteiger partial charge in [-0.25, -0.2) is 0 Å². The fraction of sp³-hybridized carbons (Fsp3) is 0.462. The first kappa shape index (κ1) is 15.0. The zero-order valence-electron chi connectivity index (χ0n) is 11.2. The molecule has 0 bridgehead atoms. The molecule has 6 heteroatoms. The van der Waals surface area contributed by atoms with Gasteiger partial charge in [-0.1, -0.05) is 18.5 Å². The quantitative estimate of drug-likeness (QED) is 0.872. The average Bonchev–Trinajstić information content (AvgIpc) is 2.92. The number of hydrogen-bond acceptors (Lipinski definition) is 3. The molecule has 19 heavy (non-hydrogen) atoms. The summed E-state index contributed by atoms with van der Waals surface area (Å²) in [6.45, 7) is 2.07. The second-order valence-electron chi connectivity index (χ2n) is 4.37. The molecule has 0 spiro atoms. The minimum absolute atomic E-state index is 0.258. The van der Waals surface area contributed by atoms with Crippen LogP contribution in [0.3, 0.4) is 0 Å². The highest BCUT2D eigenvalue weighted by Crippen LogP contribution is 2.31. The normalized spacial score (nSPS) is 12.9. The van der Waals surface area contributed by atoms with Gasteiger partial charge < -0.3 is 5.32 Å². The molecule has 2 aromatic heterocycles. The maximum absolute atomic E-state index is 6.41. The van der Waals surface area contributed by atoms with Crippen LogP contribution in [0.2, 0.25) is 5.02 Å². The van der Waals surface area contributed by atoms with Crippen molar-refractivity contribution >= 4 is 38.9 Å². The Hall–Kier alpha value is -0.360. The van der Waals surface area contributed by atoms with Gasteiger partial charge in [-0.2, -0.15) is 5.10 Å². The van der Waals surface area contributed by atoms with Crippen molar-refractivity contribution in [1.82, 2.24) is 15.1 Å². The third-order valence-corrected chi connectivity index (χ3v) is 5.36. The Labute approximate surface area is 131 Å². The van der Waals surface area contributed by atoms with Crippen LogP contribution in [-0.4, -0.2) is 16.8 Å². The van der Waals surface area contributed by atoms with Gasteiger partial charge in [0.2, 0.25) is 0 Å². The first-order valence-electron chi connectivity index (χ1n) is 6.19. The highest BCUT2D eigenvalue weighted by atomic mass is 79.9. The molecular formula is C13H17BrClN3S. The Balaban J connectivity index is 2.26. The maximum atomic E-state index is 6.41. The molecule has 2 rings (SSSR count). The molecule has 2 aromatic rings. The largest absolute Gasteiger partial charge is 0.312 e. The summed E-state index contributed by atoms with van der Waals surface area (Å²) >= 11 is 11.7. The van der Waals surface area contributed by atoms with Crippen LogP contribution in [-0.2, 0) is 19.9 Å². The van der Waals surface area contributed by atoms with E-state index in [1.807, 2.05) is 18.8 Å². The summed E-state index contributed by atoms with van der Waals surface area (Å²) in [6, 6.07) is 4.47. The molecule has 0 amide bonds. The van der Waals surface area contributed by atoms with E-state index in [0.29, 0.717) is 0 Å². The maximum Gasteiger partial charge on any atom is 0.0850 e. The number of aromatic nitrogens is 2. The van der Waals surface area contributed by atoms with Gasteiger partial charge in [0.1, 0.15) is 0 Å². The van der Waals surface area contributed by atoms with Crippen LogP contribution in [0.1, 0.15) is 29.2 Å². The number of thiophene rings is 1. The summed E-state index contributed by atoms with van der Waals surface area (Å²) in [5.74, 6) is 0. The lowest BCUT2D eigenvalue weighted by Crippen LogP contribution is -2.19. The number of nitrogens with one attached hydrogen (secondary N) is 1. The molecule has 0 aliphatic carbocycles. The number of hydrogen-bond donors (Lipinski definition) is 1. The van der Waals surface area contributed by atoms with E-state index in [-0.39, 0.29) is 6.04 Å². The molecule has 1 unspecified atom stereocenters. The molecule has 2 heterocycles. The van der Waals surface area contributed by atoms with Crippen LogP contribution in [0.4, 0.5) is 0 Å². The van der Waals surface area contributed by atoms with Crippen molar-refractivity contribution in [3.05, 3.63) is 37.2 Å². The molecule has 0 aliphatic rings. The smallest absolute Gasteiger partial charge is 0.0850 e. The average molecular weight is 363 g/mol. The Bertz CT molecular complexity index is 564. The Morgan fingerprint density at radius 1 is 1.53 bits per heavy atom. The van der Waals surface area contributed by atoms with E-state index in [4.69, 9.17) is 11.6 Å². The second-order valence-corrected chi connectivity index (χ2v) is 7.24. The number of aryl methyl sites for hydroxylation is 2. The van der Waals surface area contributed by atoms with Gasteiger partial charge in [0.25, 0.3) is 0 Å². The third-order valence-electron chi connectivity index (χ3n) is 3.19. The molecule has 0 fully saturated rings. The van der Waals surface area contributed by atoms with Crippen molar-refractivity contribution in [3.63, 3.8) is 0 Å².